The number of carbonyl (C=O) groups excluding carboxylic acids is 1. The van der Waals surface area contributed by atoms with Crippen LogP contribution < -0.4 is 50.4 Å². The number of hydrogen-bond acceptors (Lipinski definition) is 10. The summed E-state index contributed by atoms with van der Waals surface area (Å²) in [5, 5.41) is 20.8. The van der Waals surface area contributed by atoms with Crippen LogP contribution in [-0.4, -0.2) is 39.9 Å². The summed E-state index contributed by atoms with van der Waals surface area (Å²) in [4.78, 5) is 19.2. The van der Waals surface area contributed by atoms with E-state index in [9.17, 15) is 9.90 Å². The first-order valence-electron chi connectivity index (χ1n) is 10.6. The van der Waals surface area contributed by atoms with Crippen LogP contribution in [0.4, 0.5) is 11.4 Å². The third-order valence-electron chi connectivity index (χ3n) is 5.37. The molecule has 179 valence electrons. The van der Waals surface area contributed by atoms with E-state index in [-0.39, 0.29) is 42.0 Å². The van der Waals surface area contributed by atoms with E-state index in [1.54, 1.807) is 10.9 Å². The molecule has 1 atom stereocenters. The normalized spacial score (nSPS) is 15.5. The molecule has 1 saturated heterocycles. The second-order valence-electron chi connectivity index (χ2n) is 7.75. The molecule has 2 aromatic carbocycles. The maximum absolute atomic E-state index is 11.0. The van der Waals surface area contributed by atoms with Gasteiger partial charge in [0.1, 0.15) is 6.33 Å². The number of nitrogens with one attached hydrogen (secondary N) is 3. The number of nitrogens with zero attached hydrogens (tertiary/aromatic N) is 3. The van der Waals surface area contributed by atoms with Crippen molar-refractivity contribution in [2.75, 3.05) is 23.5 Å². The number of benzene rings is 2. The Bertz CT molecular complexity index is 1220. The van der Waals surface area contributed by atoms with E-state index in [0.717, 1.165) is 46.0 Å². The smallest absolute Gasteiger partial charge is 0.550 e. The molecule has 0 bridgehead atoms. The Labute approximate surface area is 234 Å². The molecule has 4 rings (SSSR count). The van der Waals surface area contributed by atoms with Crippen LogP contribution in [0.15, 0.2) is 47.6 Å². The second-order valence-corrected chi connectivity index (χ2v) is 8.88. The van der Waals surface area contributed by atoms with Crippen LogP contribution in [0.25, 0.3) is 5.69 Å². The van der Waals surface area contributed by atoms with Crippen molar-refractivity contribution in [2.24, 2.45) is 0 Å². The van der Waals surface area contributed by atoms with Gasteiger partial charge < -0.3 is 20.1 Å². The molecule has 10 nitrogen and oxygen atoms in total. The molecule has 0 aliphatic carbocycles. The average Bonchev–Trinajstić information content (AvgIpc) is 3.24. The van der Waals surface area contributed by atoms with Crippen molar-refractivity contribution in [2.45, 2.75) is 31.2 Å². The predicted octanol–water partition coefficient (Wildman–Crippen LogP) is -0.387. The number of carboxylic acid groups (broad SMARTS) is 1. The zero-order valence-corrected chi connectivity index (χ0v) is 23.2. The maximum Gasteiger partial charge on any atom is 1.00 e. The number of carboxylic acids is 1. The van der Waals surface area contributed by atoms with Crippen molar-refractivity contribution in [1.29, 1.82) is 0 Å². The van der Waals surface area contributed by atoms with Crippen LogP contribution in [0.1, 0.15) is 17.5 Å². The Morgan fingerprint density at radius 3 is 2.91 bits per heavy atom. The van der Waals surface area contributed by atoms with E-state index in [1.165, 1.54) is 0 Å². The zero-order valence-electron chi connectivity index (χ0n) is 19.6. The molecule has 1 aliphatic heterocycles. The minimum Gasteiger partial charge on any atom is -0.550 e. The van der Waals surface area contributed by atoms with Crippen molar-refractivity contribution in [3.8, 4) is 5.69 Å². The van der Waals surface area contributed by atoms with Gasteiger partial charge in [-0.3, -0.25) is 9.67 Å². The Balaban J connectivity index is 0.00000342. The van der Waals surface area contributed by atoms with E-state index in [4.69, 9.17) is 21.5 Å². The molecule has 2 heterocycles. The Morgan fingerprint density at radius 1 is 1.34 bits per heavy atom. The minimum absolute atomic E-state index is 0. The minimum atomic E-state index is -1.08. The molecule has 13 heteroatoms. The monoisotopic (exact) mass is 523 g/mol. The first-order chi connectivity index (χ1) is 16.4. The fraction of sp³-hybridized carbons (Fsp3) is 0.273. The fourth-order valence-corrected chi connectivity index (χ4v) is 4.52. The fourth-order valence-electron chi connectivity index (χ4n) is 3.82. The molecule has 1 radical (unpaired) electrons. The number of anilines is 2. The Hall–Kier alpha value is -1.90. The Morgan fingerprint density at radius 2 is 2.17 bits per heavy atom. The number of aryl methyl sites for hydroxylation is 1. The van der Waals surface area contributed by atoms with E-state index >= 15 is 0 Å². The number of aromatic nitrogens is 3. The largest absolute Gasteiger partial charge is 1.00 e. The van der Waals surface area contributed by atoms with Gasteiger partial charge in [-0.05, 0) is 61.5 Å². The maximum atomic E-state index is 11.0. The van der Waals surface area contributed by atoms with Crippen LogP contribution in [0.3, 0.4) is 0 Å². The van der Waals surface area contributed by atoms with Gasteiger partial charge in [0, 0.05) is 42.1 Å². The molecule has 0 spiro atoms. The summed E-state index contributed by atoms with van der Waals surface area (Å²) < 4.78 is 7.57. The van der Waals surface area contributed by atoms with Gasteiger partial charge in [-0.25, -0.2) is 5.48 Å². The summed E-state index contributed by atoms with van der Waals surface area (Å²) in [6, 6.07) is 11.1. The molecular weight excluding hydrogens is 499 g/mol. The summed E-state index contributed by atoms with van der Waals surface area (Å²) >= 11 is 6.29. The van der Waals surface area contributed by atoms with E-state index in [1.807, 2.05) is 56.8 Å². The average molecular weight is 524 g/mol. The third kappa shape index (κ3) is 7.08. The van der Waals surface area contributed by atoms with Crippen LogP contribution in [0, 0.1) is 25.2 Å². The molecular formula is C22H24N6NaO4S2. The number of aliphatic carboxylic acids is 1. The van der Waals surface area contributed by atoms with Gasteiger partial charge in [-0.2, -0.15) is 5.10 Å². The van der Waals surface area contributed by atoms with Crippen LogP contribution >= 0.6 is 24.3 Å². The number of hydrogen-bond donors (Lipinski definition) is 3. The SMILES string of the molecule is Cc1ccc(SOONc2cccc(-n3cn[nH]c3=S)c2)c(C)c1N1[CH]C(CC(=O)[O-])NCC1.[Na+]. The summed E-state index contributed by atoms with van der Waals surface area (Å²) in [6.45, 7) is 7.34. The number of carbonyl (C=O) groups is 1. The van der Waals surface area contributed by atoms with Crippen molar-refractivity contribution in [1.82, 2.24) is 20.1 Å². The van der Waals surface area contributed by atoms with Gasteiger partial charge in [0.2, 0.25) is 0 Å². The van der Waals surface area contributed by atoms with Crippen molar-refractivity contribution < 1.29 is 48.8 Å². The predicted molar refractivity (Wildman–Crippen MR) is 129 cm³/mol. The molecule has 1 aromatic heterocycles. The molecule has 3 aromatic rings. The molecule has 35 heavy (non-hydrogen) atoms. The van der Waals surface area contributed by atoms with E-state index in [2.05, 4.69) is 25.9 Å². The molecule has 0 amide bonds. The standard InChI is InChI=1S/C22H25N6O4S2.Na/c1-14-6-7-19(15(2)21(14)27-9-8-23-17(12-27)11-20(29)30)34-32-31-26-16-4-3-5-18(10-16)28-13-24-25-22(28)33;/h3-7,10,12-13,17,23,26H,8-9,11H2,1-2H3,(H,25,33)(H,29,30);/q;+1/p-1. The van der Waals surface area contributed by atoms with Crippen molar-refractivity contribution in [3.05, 3.63) is 65.2 Å². The van der Waals surface area contributed by atoms with Gasteiger partial charge in [0.05, 0.1) is 30.0 Å². The number of piperazine rings is 1. The quantitative estimate of drug-likeness (QED) is 0.0855. The van der Waals surface area contributed by atoms with Gasteiger partial charge in [0.25, 0.3) is 0 Å². The van der Waals surface area contributed by atoms with Gasteiger partial charge in [0.15, 0.2) is 4.77 Å². The van der Waals surface area contributed by atoms with Gasteiger partial charge in [-0.15, -0.1) is 9.32 Å². The molecule has 0 saturated carbocycles. The molecule has 1 unspecified atom stereocenters. The molecule has 1 fully saturated rings. The summed E-state index contributed by atoms with van der Waals surface area (Å²) in [6.07, 6.45) is 1.53. The van der Waals surface area contributed by atoms with E-state index < -0.39 is 5.97 Å². The molecule has 1 aliphatic rings. The zero-order chi connectivity index (χ0) is 24.1. The van der Waals surface area contributed by atoms with Crippen LogP contribution in [0.5, 0.6) is 0 Å². The van der Waals surface area contributed by atoms with Crippen molar-refractivity contribution >= 4 is 41.6 Å². The summed E-state index contributed by atoms with van der Waals surface area (Å²) in [5.74, 6) is -1.08. The number of rotatable bonds is 9. The number of aromatic amines is 1. The Kier molecular flexibility index (Phi) is 10.2. The van der Waals surface area contributed by atoms with Gasteiger partial charge in [-0.1, -0.05) is 12.1 Å². The second kappa shape index (κ2) is 12.9. The van der Waals surface area contributed by atoms with Crippen LogP contribution in [0.2, 0.25) is 0 Å². The topological polar surface area (TPSA) is 120 Å². The first-order valence-corrected chi connectivity index (χ1v) is 11.7. The summed E-state index contributed by atoms with van der Waals surface area (Å²) in [7, 11) is 0. The van der Waals surface area contributed by atoms with Crippen molar-refractivity contribution in [3.63, 3.8) is 0 Å². The number of H-pyrrole nitrogens is 1. The van der Waals surface area contributed by atoms with Gasteiger partial charge >= 0.3 is 29.6 Å². The third-order valence-corrected chi connectivity index (χ3v) is 6.42. The van der Waals surface area contributed by atoms with Crippen LogP contribution in [-0.2, 0) is 14.1 Å². The summed E-state index contributed by atoms with van der Waals surface area (Å²) in [5.41, 5.74) is 7.38. The first kappa shape index (κ1) is 27.7. The van der Waals surface area contributed by atoms with E-state index in [0.29, 0.717) is 17.0 Å². The molecule has 3 N–H and O–H groups in total.